The Morgan fingerprint density at radius 1 is 1.17 bits per heavy atom. The van der Waals surface area contributed by atoms with E-state index in [1.54, 1.807) is 23.2 Å². The number of nitrogens with zero attached hydrogens (tertiary/aromatic N) is 3. The van der Waals surface area contributed by atoms with Gasteiger partial charge in [0.25, 0.3) is 0 Å². The molecule has 0 saturated heterocycles. The first-order valence-electron chi connectivity index (χ1n) is 9.53. The molecule has 1 N–H and O–H groups in total. The van der Waals surface area contributed by atoms with Gasteiger partial charge in [-0.05, 0) is 43.2 Å². The fraction of sp³-hybridized carbons (Fsp3) is 0.227. The maximum atomic E-state index is 13.8. The summed E-state index contributed by atoms with van der Waals surface area (Å²) in [6.45, 7) is 4.40. The van der Waals surface area contributed by atoms with Gasteiger partial charge in [0.1, 0.15) is 17.1 Å². The second-order valence-electron chi connectivity index (χ2n) is 7.45. The molecule has 0 bridgehead atoms. The average Bonchev–Trinajstić information content (AvgIpc) is 3.21. The number of carbonyl (C=O) groups excluding carboxylic acids is 2. The van der Waals surface area contributed by atoms with Crippen LogP contribution in [0, 0.1) is 12.7 Å². The minimum atomic E-state index is -1.12. The Morgan fingerprint density at radius 3 is 2.72 bits per heavy atom. The Kier molecular flexibility index (Phi) is 3.65. The van der Waals surface area contributed by atoms with Crippen molar-refractivity contribution in [1.82, 2.24) is 9.78 Å². The topological polar surface area (TPSA) is 67.2 Å². The number of amides is 2. The third kappa shape index (κ3) is 2.24. The number of carbonyl (C=O) groups is 2. The molecule has 2 aliphatic rings. The molecular weight excluding hydrogens is 371 g/mol. The second-order valence-corrected chi connectivity index (χ2v) is 7.45. The fourth-order valence-corrected chi connectivity index (χ4v) is 4.64. The maximum absolute atomic E-state index is 13.8. The molecule has 1 spiro atoms. The molecule has 7 heteroatoms. The highest BCUT2D eigenvalue weighted by molar-refractivity contribution is 6.16. The molecule has 5 rings (SSSR count). The third-order valence-electron chi connectivity index (χ3n) is 5.86. The normalized spacial score (nSPS) is 20.0. The molecule has 0 fully saturated rings. The summed E-state index contributed by atoms with van der Waals surface area (Å²) in [7, 11) is 0. The van der Waals surface area contributed by atoms with E-state index in [0.29, 0.717) is 23.6 Å². The van der Waals surface area contributed by atoms with Gasteiger partial charge >= 0.3 is 0 Å². The van der Waals surface area contributed by atoms with E-state index in [9.17, 15) is 14.0 Å². The number of benzene rings is 2. The quantitative estimate of drug-likeness (QED) is 0.730. The van der Waals surface area contributed by atoms with Gasteiger partial charge in [-0.2, -0.15) is 5.10 Å². The second kappa shape index (κ2) is 6.01. The van der Waals surface area contributed by atoms with Crippen molar-refractivity contribution < 1.29 is 14.0 Å². The number of para-hydroxylation sites is 1. The lowest BCUT2D eigenvalue weighted by molar-refractivity contribution is -0.126. The van der Waals surface area contributed by atoms with Crippen LogP contribution in [0.2, 0.25) is 0 Å². The van der Waals surface area contributed by atoms with Crippen LogP contribution in [0.4, 0.5) is 15.9 Å². The molecule has 29 heavy (non-hydrogen) atoms. The van der Waals surface area contributed by atoms with Gasteiger partial charge in [0.2, 0.25) is 11.8 Å². The summed E-state index contributed by atoms with van der Waals surface area (Å²) in [4.78, 5) is 28.2. The zero-order valence-electron chi connectivity index (χ0n) is 16.1. The van der Waals surface area contributed by atoms with E-state index in [0.717, 1.165) is 16.8 Å². The van der Waals surface area contributed by atoms with Gasteiger partial charge in [0.15, 0.2) is 0 Å². The van der Waals surface area contributed by atoms with Crippen molar-refractivity contribution in [3.05, 3.63) is 71.2 Å². The summed E-state index contributed by atoms with van der Waals surface area (Å²) in [5.41, 5.74) is 2.65. The number of hydrogen-bond donors (Lipinski definition) is 1. The van der Waals surface area contributed by atoms with Gasteiger partial charge in [-0.15, -0.1) is 0 Å². The highest BCUT2D eigenvalue weighted by atomic mass is 19.1. The summed E-state index contributed by atoms with van der Waals surface area (Å²) >= 11 is 0. The zero-order valence-corrected chi connectivity index (χ0v) is 16.1. The number of fused-ring (bicyclic) bond motifs is 4. The van der Waals surface area contributed by atoms with Crippen LogP contribution in [0.5, 0.6) is 0 Å². The smallest absolute Gasteiger partial charge is 0.242 e. The molecule has 1 atom stereocenters. The molecule has 2 amide bonds. The van der Waals surface area contributed by atoms with E-state index < -0.39 is 11.2 Å². The molecule has 0 radical (unpaired) electrons. The Labute approximate surface area is 166 Å². The van der Waals surface area contributed by atoms with Crippen LogP contribution in [-0.2, 0) is 15.0 Å². The van der Waals surface area contributed by atoms with Crippen LogP contribution >= 0.6 is 0 Å². The van der Waals surface area contributed by atoms with Gasteiger partial charge in [-0.25, -0.2) is 9.07 Å². The van der Waals surface area contributed by atoms with E-state index >= 15 is 0 Å². The Balaban J connectivity index is 1.79. The molecule has 6 nitrogen and oxygen atoms in total. The minimum Gasteiger partial charge on any atom is -0.311 e. The predicted octanol–water partition coefficient (Wildman–Crippen LogP) is 3.31. The Morgan fingerprint density at radius 2 is 1.97 bits per heavy atom. The predicted molar refractivity (Wildman–Crippen MR) is 107 cm³/mol. The number of anilines is 2. The van der Waals surface area contributed by atoms with Gasteiger partial charge < -0.3 is 10.2 Å². The number of rotatable bonds is 2. The summed E-state index contributed by atoms with van der Waals surface area (Å²) in [5.74, 6) is -0.391. The molecule has 0 aliphatic carbocycles. The molecule has 1 aromatic heterocycles. The van der Waals surface area contributed by atoms with Crippen molar-refractivity contribution in [2.75, 3.05) is 16.8 Å². The highest BCUT2D eigenvalue weighted by Crippen LogP contribution is 2.53. The number of halogens is 1. The van der Waals surface area contributed by atoms with Crippen LogP contribution in [0.1, 0.15) is 30.0 Å². The first kappa shape index (κ1) is 17.6. The molecule has 3 heterocycles. The van der Waals surface area contributed by atoms with Gasteiger partial charge in [-0.3, -0.25) is 9.59 Å². The zero-order chi connectivity index (χ0) is 20.3. The largest absolute Gasteiger partial charge is 0.311 e. The SMILES string of the molecule is CCN1C(=O)[C@@]2(CC(=O)Nc3c2cnn3-c2cccc(F)c2)c2cccc(C)c21. The van der Waals surface area contributed by atoms with Crippen LogP contribution in [0.25, 0.3) is 5.69 Å². The van der Waals surface area contributed by atoms with Crippen molar-refractivity contribution in [2.24, 2.45) is 0 Å². The minimum absolute atomic E-state index is 0.0145. The average molecular weight is 390 g/mol. The monoisotopic (exact) mass is 390 g/mol. The number of hydrogen-bond acceptors (Lipinski definition) is 3. The molecular formula is C22H19FN4O2. The molecule has 2 aliphatic heterocycles. The van der Waals surface area contributed by atoms with Crippen molar-refractivity contribution >= 4 is 23.3 Å². The van der Waals surface area contributed by atoms with Gasteiger partial charge in [0.05, 0.1) is 17.6 Å². The van der Waals surface area contributed by atoms with E-state index in [4.69, 9.17) is 0 Å². The van der Waals surface area contributed by atoms with Crippen LogP contribution < -0.4 is 10.2 Å². The number of aryl methyl sites for hydroxylation is 1. The maximum Gasteiger partial charge on any atom is 0.242 e. The number of aromatic nitrogens is 2. The first-order valence-corrected chi connectivity index (χ1v) is 9.53. The van der Waals surface area contributed by atoms with Crippen molar-refractivity contribution in [3.63, 3.8) is 0 Å². The van der Waals surface area contributed by atoms with E-state index in [1.165, 1.54) is 16.8 Å². The summed E-state index contributed by atoms with van der Waals surface area (Å²) in [6.07, 6.45) is 1.63. The number of likely N-dealkylation sites (N-methyl/N-ethyl adjacent to an activating group) is 1. The fourth-order valence-electron chi connectivity index (χ4n) is 4.64. The molecule has 0 unspecified atom stereocenters. The van der Waals surface area contributed by atoms with Crippen LogP contribution in [0.3, 0.4) is 0 Å². The van der Waals surface area contributed by atoms with E-state index in [-0.39, 0.29) is 18.2 Å². The van der Waals surface area contributed by atoms with Crippen molar-refractivity contribution in [2.45, 2.75) is 25.7 Å². The Bertz CT molecular complexity index is 1190. The van der Waals surface area contributed by atoms with E-state index in [1.807, 2.05) is 32.0 Å². The highest BCUT2D eigenvalue weighted by Gasteiger charge is 2.57. The third-order valence-corrected chi connectivity index (χ3v) is 5.86. The molecule has 0 saturated carbocycles. The molecule has 2 aromatic carbocycles. The lowest BCUT2D eigenvalue weighted by Gasteiger charge is -2.32. The summed E-state index contributed by atoms with van der Waals surface area (Å²) in [5, 5.41) is 7.25. The van der Waals surface area contributed by atoms with Gasteiger partial charge in [-0.1, -0.05) is 24.3 Å². The van der Waals surface area contributed by atoms with Gasteiger partial charge in [0, 0.05) is 18.5 Å². The molecule has 146 valence electrons. The lowest BCUT2D eigenvalue weighted by atomic mass is 9.71. The first-order chi connectivity index (χ1) is 14.0. The Hall–Kier alpha value is -3.48. The standard InChI is InChI=1S/C22H19FN4O2/c1-3-26-19-13(2)6-4-9-16(19)22(21(26)29)11-18(28)25-20-17(22)12-24-27(20)15-8-5-7-14(23)10-15/h4-10,12H,3,11H2,1-2H3,(H,25,28)/t22-/m0/s1. The molecule has 3 aromatic rings. The summed E-state index contributed by atoms with van der Waals surface area (Å²) < 4.78 is 15.3. The van der Waals surface area contributed by atoms with Crippen molar-refractivity contribution in [1.29, 1.82) is 0 Å². The van der Waals surface area contributed by atoms with Crippen molar-refractivity contribution in [3.8, 4) is 5.69 Å². The summed E-state index contributed by atoms with van der Waals surface area (Å²) in [6, 6.07) is 11.8. The lowest BCUT2D eigenvalue weighted by Crippen LogP contribution is -2.46. The van der Waals surface area contributed by atoms with Crippen LogP contribution in [-0.4, -0.2) is 28.1 Å². The van der Waals surface area contributed by atoms with Crippen LogP contribution in [0.15, 0.2) is 48.7 Å². The number of nitrogens with one attached hydrogen (secondary N) is 1. The van der Waals surface area contributed by atoms with E-state index in [2.05, 4.69) is 10.4 Å².